The molecule has 0 bridgehead atoms. The Hall–Kier alpha value is -0.890. The van der Waals surface area contributed by atoms with Gasteiger partial charge >= 0.3 is 0 Å². The van der Waals surface area contributed by atoms with Gasteiger partial charge in [0.1, 0.15) is 0 Å². The topological polar surface area (TPSA) is 24.9 Å². The minimum atomic E-state index is 0.663. The maximum absolute atomic E-state index is 4.56. The Morgan fingerprint density at radius 3 is 3.13 bits per heavy atom. The SMILES string of the molecule is c1cnc2c(c1)CCCC2CNC1CC1. The molecule has 3 rings (SSSR count). The second-order valence-corrected chi connectivity index (χ2v) is 4.82. The molecule has 0 spiro atoms. The summed E-state index contributed by atoms with van der Waals surface area (Å²) < 4.78 is 0. The molecule has 0 saturated heterocycles. The van der Waals surface area contributed by atoms with E-state index in [-0.39, 0.29) is 0 Å². The molecular formula is C13H18N2. The molecule has 1 N–H and O–H groups in total. The third-order valence-electron chi connectivity index (χ3n) is 3.54. The summed E-state index contributed by atoms with van der Waals surface area (Å²) in [6.45, 7) is 1.13. The highest BCUT2D eigenvalue weighted by Crippen LogP contribution is 2.30. The van der Waals surface area contributed by atoms with Crippen LogP contribution in [0.3, 0.4) is 0 Å². The molecule has 1 aromatic heterocycles. The number of rotatable bonds is 3. The first-order chi connectivity index (χ1) is 7.43. The number of hydrogen-bond acceptors (Lipinski definition) is 2. The van der Waals surface area contributed by atoms with Gasteiger partial charge in [-0.2, -0.15) is 0 Å². The van der Waals surface area contributed by atoms with Crippen molar-refractivity contribution in [3.8, 4) is 0 Å². The van der Waals surface area contributed by atoms with Crippen LogP contribution >= 0.6 is 0 Å². The summed E-state index contributed by atoms with van der Waals surface area (Å²) in [4.78, 5) is 4.56. The van der Waals surface area contributed by atoms with Gasteiger partial charge < -0.3 is 5.32 Å². The van der Waals surface area contributed by atoms with E-state index in [2.05, 4.69) is 22.4 Å². The number of fused-ring (bicyclic) bond motifs is 1. The normalized spacial score (nSPS) is 24.9. The predicted octanol–water partition coefficient (Wildman–Crippen LogP) is 2.25. The van der Waals surface area contributed by atoms with Gasteiger partial charge in [-0.25, -0.2) is 0 Å². The van der Waals surface area contributed by atoms with E-state index in [1.165, 1.54) is 43.4 Å². The Labute approximate surface area is 91.1 Å². The maximum Gasteiger partial charge on any atom is 0.0479 e. The highest BCUT2D eigenvalue weighted by molar-refractivity contribution is 5.26. The Balaban J connectivity index is 1.73. The van der Waals surface area contributed by atoms with Gasteiger partial charge in [-0.15, -0.1) is 0 Å². The summed E-state index contributed by atoms with van der Waals surface area (Å²) in [5, 5.41) is 3.63. The maximum atomic E-state index is 4.56. The third-order valence-corrected chi connectivity index (χ3v) is 3.54. The van der Waals surface area contributed by atoms with Crippen molar-refractivity contribution in [1.82, 2.24) is 10.3 Å². The van der Waals surface area contributed by atoms with Crippen molar-refractivity contribution < 1.29 is 0 Å². The highest BCUT2D eigenvalue weighted by Gasteiger charge is 2.25. The molecule has 2 nitrogen and oxygen atoms in total. The summed E-state index contributed by atoms with van der Waals surface area (Å²) in [6, 6.07) is 5.13. The van der Waals surface area contributed by atoms with Crippen LogP contribution in [0.15, 0.2) is 18.3 Å². The molecule has 0 aliphatic heterocycles. The minimum absolute atomic E-state index is 0.663. The Bertz CT molecular complexity index is 344. The monoisotopic (exact) mass is 202 g/mol. The van der Waals surface area contributed by atoms with Gasteiger partial charge in [0.15, 0.2) is 0 Å². The standard InChI is InChI=1S/C13H18N2/c1-3-10-5-2-8-14-13(10)11(4-1)9-15-12-6-7-12/h2,5,8,11-12,15H,1,3-4,6-7,9H2. The van der Waals surface area contributed by atoms with Crippen LogP contribution < -0.4 is 5.32 Å². The van der Waals surface area contributed by atoms with Crippen LogP contribution in [0.2, 0.25) is 0 Å². The van der Waals surface area contributed by atoms with E-state index in [4.69, 9.17) is 0 Å². The summed E-state index contributed by atoms with van der Waals surface area (Å²) in [5.74, 6) is 0.663. The molecule has 1 fully saturated rings. The molecule has 2 heteroatoms. The molecule has 1 atom stereocenters. The zero-order chi connectivity index (χ0) is 10.1. The second-order valence-electron chi connectivity index (χ2n) is 4.82. The fourth-order valence-electron chi connectivity index (χ4n) is 2.50. The van der Waals surface area contributed by atoms with Crippen molar-refractivity contribution in [3.63, 3.8) is 0 Å². The van der Waals surface area contributed by atoms with Crippen molar-refractivity contribution in [1.29, 1.82) is 0 Å². The Morgan fingerprint density at radius 2 is 2.27 bits per heavy atom. The molecule has 1 aromatic rings. The van der Waals surface area contributed by atoms with Crippen molar-refractivity contribution in [2.45, 2.75) is 44.1 Å². The van der Waals surface area contributed by atoms with E-state index in [1.807, 2.05) is 6.20 Å². The first-order valence-corrected chi connectivity index (χ1v) is 6.10. The van der Waals surface area contributed by atoms with Crippen LogP contribution in [-0.4, -0.2) is 17.6 Å². The van der Waals surface area contributed by atoms with Crippen LogP contribution in [0.5, 0.6) is 0 Å². The van der Waals surface area contributed by atoms with Gasteiger partial charge in [-0.05, 0) is 43.7 Å². The molecular weight excluding hydrogens is 184 g/mol. The molecule has 1 saturated carbocycles. The summed E-state index contributed by atoms with van der Waals surface area (Å²) >= 11 is 0. The van der Waals surface area contributed by atoms with Crippen LogP contribution in [0, 0.1) is 0 Å². The average molecular weight is 202 g/mol. The van der Waals surface area contributed by atoms with E-state index in [0.29, 0.717) is 5.92 Å². The van der Waals surface area contributed by atoms with Crippen LogP contribution in [-0.2, 0) is 6.42 Å². The molecule has 0 aromatic carbocycles. The first kappa shape index (κ1) is 9.34. The molecule has 80 valence electrons. The van der Waals surface area contributed by atoms with E-state index >= 15 is 0 Å². The summed E-state index contributed by atoms with van der Waals surface area (Å²) in [7, 11) is 0. The summed E-state index contributed by atoms with van der Waals surface area (Å²) in [5.41, 5.74) is 2.84. The molecule has 1 unspecified atom stereocenters. The fourth-order valence-corrected chi connectivity index (χ4v) is 2.50. The van der Waals surface area contributed by atoms with Gasteiger partial charge in [0, 0.05) is 30.4 Å². The van der Waals surface area contributed by atoms with Crippen molar-refractivity contribution >= 4 is 0 Å². The van der Waals surface area contributed by atoms with E-state index < -0.39 is 0 Å². The van der Waals surface area contributed by atoms with E-state index in [0.717, 1.165) is 12.6 Å². The van der Waals surface area contributed by atoms with Gasteiger partial charge in [-0.1, -0.05) is 6.07 Å². The largest absolute Gasteiger partial charge is 0.313 e. The van der Waals surface area contributed by atoms with E-state index in [9.17, 15) is 0 Å². The number of pyridine rings is 1. The van der Waals surface area contributed by atoms with Crippen molar-refractivity contribution in [3.05, 3.63) is 29.6 Å². The molecule has 0 amide bonds. The first-order valence-electron chi connectivity index (χ1n) is 6.10. The highest BCUT2D eigenvalue weighted by atomic mass is 15.0. The Kier molecular flexibility index (Phi) is 2.45. The van der Waals surface area contributed by atoms with Crippen LogP contribution in [0.25, 0.3) is 0 Å². The third kappa shape index (κ3) is 2.05. The zero-order valence-corrected chi connectivity index (χ0v) is 9.08. The lowest BCUT2D eigenvalue weighted by Gasteiger charge is -2.24. The number of nitrogens with one attached hydrogen (secondary N) is 1. The van der Waals surface area contributed by atoms with Gasteiger partial charge in [0.25, 0.3) is 0 Å². The minimum Gasteiger partial charge on any atom is -0.313 e. The fraction of sp³-hybridized carbons (Fsp3) is 0.615. The molecule has 2 aliphatic rings. The molecule has 2 aliphatic carbocycles. The lowest BCUT2D eigenvalue weighted by Crippen LogP contribution is -2.26. The quantitative estimate of drug-likeness (QED) is 0.813. The van der Waals surface area contributed by atoms with Crippen molar-refractivity contribution in [2.24, 2.45) is 0 Å². The molecule has 1 heterocycles. The van der Waals surface area contributed by atoms with Crippen LogP contribution in [0.1, 0.15) is 42.9 Å². The Morgan fingerprint density at radius 1 is 1.33 bits per heavy atom. The lowest BCUT2D eigenvalue weighted by molar-refractivity contribution is 0.494. The van der Waals surface area contributed by atoms with Crippen LogP contribution in [0.4, 0.5) is 0 Å². The number of nitrogens with zero attached hydrogens (tertiary/aromatic N) is 1. The number of aryl methyl sites for hydroxylation is 1. The van der Waals surface area contributed by atoms with E-state index in [1.54, 1.807) is 0 Å². The molecule has 0 radical (unpaired) electrons. The number of aromatic nitrogens is 1. The lowest BCUT2D eigenvalue weighted by atomic mass is 9.86. The molecule has 15 heavy (non-hydrogen) atoms. The predicted molar refractivity (Wildman–Crippen MR) is 60.9 cm³/mol. The number of hydrogen-bond donors (Lipinski definition) is 1. The van der Waals surface area contributed by atoms with Crippen molar-refractivity contribution in [2.75, 3.05) is 6.54 Å². The van der Waals surface area contributed by atoms with Gasteiger partial charge in [-0.3, -0.25) is 4.98 Å². The van der Waals surface area contributed by atoms with Gasteiger partial charge in [0.05, 0.1) is 0 Å². The van der Waals surface area contributed by atoms with Gasteiger partial charge in [0.2, 0.25) is 0 Å². The average Bonchev–Trinajstić information content (AvgIpc) is 3.10. The smallest absolute Gasteiger partial charge is 0.0479 e. The summed E-state index contributed by atoms with van der Waals surface area (Å²) in [6.07, 6.45) is 8.56. The zero-order valence-electron chi connectivity index (χ0n) is 9.08. The second kappa shape index (κ2) is 3.93.